The van der Waals surface area contributed by atoms with Crippen LogP contribution in [0.2, 0.25) is 5.02 Å². The van der Waals surface area contributed by atoms with Gasteiger partial charge in [0.05, 0.1) is 16.9 Å². The predicted octanol–water partition coefficient (Wildman–Crippen LogP) is 4.94. The van der Waals surface area contributed by atoms with E-state index in [9.17, 15) is 9.59 Å². The van der Waals surface area contributed by atoms with Crippen molar-refractivity contribution in [3.63, 3.8) is 0 Å². The van der Waals surface area contributed by atoms with Gasteiger partial charge in [0.1, 0.15) is 9.88 Å². The van der Waals surface area contributed by atoms with Crippen LogP contribution in [0.5, 0.6) is 0 Å². The second-order valence-corrected chi connectivity index (χ2v) is 7.38. The van der Waals surface area contributed by atoms with Crippen molar-refractivity contribution in [3.05, 3.63) is 82.3 Å². The van der Waals surface area contributed by atoms with Crippen molar-refractivity contribution in [1.29, 1.82) is 0 Å². The van der Waals surface area contributed by atoms with Gasteiger partial charge in [0.15, 0.2) is 0 Å². The zero-order chi connectivity index (χ0) is 20.1. The Morgan fingerprint density at radius 1 is 1.18 bits per heavy atom. The average Bonchev–Trinajstić information content (AvgIpc) is 3.08. The second-order valence-electron chi connectivity index (χ2n) is 5.94. The van der Waals surface area contributed by atoms with E-state index < -0.39 is 0 Å². The van der Waals surface area contributed by atoms with E-state index in [1.54, 1.807) is 49.4 Å². The minimum atomic E-state index is -0.313. The number of thiazole rings is 1. The number of hydrogen-bond acceptors (Lipinski definition) is 4. The van der Waals surface area contributed by atoms with Crippen molar-refractivity contribution in [2.45, 2.75) is 6.92 Å². The first-order valence-corrected chi connectivity index (χ1v) is 9.72. The van der Waals surface area contributed by atoms with E-state index in [4.69, 9.17) is 11.6 Å². The van der Waals surface area contributed by atoms with E-state index in [2.05, 4.69) is 22.2 Å². The number of anilines is 1. The molecule has 0 radical (unpaired) electrons. The molecule has 0 aliphatic carbocycles. The Labute approximate surface area is 172 Å². The van der Waals surface area contributed by atoms with Crippen LogP contribution in [0.4, 0.5) is 5.69 Å². The molecule has 0 saturated carbocycles. The highest BCUT2D eigenvalue weighted by Crippen LogP contribution is 2.30. The zero-order valence-corrected chi connectivity index (χ0v) is 16.7. The number of nitrogens with zero attached hydrogens (tertiary/aromatic N) is 1. The molecule has 3 aromatic rings. The fraction of sp³-hybridized carbons (Fsp3) is 0.0952. The van der Waals surface area contributed by atoms with Gasteiger partial charge < -0.3 is 10.6 Å². The van der Waals surface area contributed by atoms with E-state index in [-0.39, 0.29) is 11.8 Å². The molecule has 2 N–H and O–H groups in total. The Kier molecular flexibility index (Phi) is 6.23. The SMILES string of the molecule is C=CCNC(=O)c1ccccc1NC(=O)c1sc(-c2cccc(Cl)c2)nc1C. The topological polar surface area (TPSA) is 71.1 Å². The molecule has 28 heavy (non-hydrogen) atoms. The van der Waals surface area contributed by atoms with Crippen LogP contribution in [0.15, 0.2) is 61.2 Å². The number of para-hydroxylation sites is 1. The molecule has 142 valence electrons. The number of aryl methyl sites for hydroxylation is 1. The lowest BCUT2D eigenvalue weighted by molar-refractivity contribution is 0.0959. The van der Waals surface area contributed by atoms with Gasteiger partial charge in [-0.05, 0) is 31.2 Å². The molecule has 0 unspecified atom stereocenters. The third-order valence-electron chi connectivity index (χ3n) is 3.90. The summed E-state index contributed by atoms with van der Waals surface area (Å²) in [6.45, 7) is 5.71. The summed E-state index contributed by atoms with van der Waals surface area (Å²) in [6, 6.07) is 14.2. The maximum Gasteiger partial charge on any atom is 0.267 e. The quantitative estimate of drug-likeness (QED) is 0.564. The highest BCUT2D eigenvalue weighted by molar-refractivity contribution is 7.17. The van der Waals surface area contributed by atoms with Crippen LogP contribution in [0.1, 0.15) is 25.7 Å². The molecule has 0 atom stereocenters. The van der Waals surface area contributed by atoms with Gasteiger partial charge >= 0.3 is 0 Å². The van der Waals surface area contributed by atoms with Gasteiger partial charge in [-0.2, -0.15) is 0 Å². The number of carbonyl (C=O) groups is 2. The number of benzene rings is 2. The van der Waals surface area contributed by atoms with Gasteiger partial charge in [-0.1, -0.05) is 41.9 Å². The Bertz CT molecular complexity index is 1050. The minimum absolute atomic E-state index is 0.281. The highest BCUT2D eigenvalue weighted by Gasteiger charge is 2.19. The maximum atomic E-state index is 12.8. The molecule has 2 aromatic carbocycles. The summed E-state index contributed by atoms with van der Waals surface area (Å²) in [5.41, 5.74) is 2.29. The third-order valence-corrected chi connectivity index (χ3v) is 5.34. The van der Waals surface area contributed by atoms with Crippen LogP contribution >= 0.6 is 22.9 Å². The number of nitrogens with one attached hydrogen (secondary N) is 2. The Balaban J connectivity index is 1.85. The Hall–Kier alpha value is -2.96. The molecule has 7 heteroatoms. The van der Waals surface area contributed by atoms with E-state index in [1.165, 1.54) is 11.3 Å². The predicted molar refractivity (Wildman–Crippen MR) is 114 cm³/mol. The zero-order valence-electron chi connectivity index (χ0n) is 15.2. The van der Waals surface area contributed by atoms with Crippen LogP contribution in [0.3, 0.4) is 0 Å². The van der Waals surface area contributed by atoms with Crippen LogP contribution in [-0.2, 0) is 0 Å². The number of hydrogen-bond donors (Lipinski definition) is 2. The molecule has 2 amide bonds. The highest BCUT2D eigenvalue weighted by atomic mass is 35.5. The molecule has 0 spiro atoms. The lowest BCUT2D eigenvalue weighted by Crippen LogP contribution is -2.25. The first kappa shape index (κ1) is 19.8. The van der Waals surface area contributed by atoms with Crippen molar-refractivity contribution in [2.24, 2.45) is 0 Å². The van der Waals surface area contributed by atoms with Gasteiger partial charge in [0.25, 0.3) is 11.8 Å². The number of halogens is 1. The number of aromatic nitrogens is 1. The van der Waals surface area contributed by atoms with Crippen molar-refractivity contribution < 1.29 is 9.59 Å². The molecule has 0 fully saturated rings. The van der Waals surface area contributed by atoms with Gasteiger partial charge in [-0.15, -0.1) is 17.9 Å². The van der Waals surface area contributed by atoms with Crippen LogP contribution in [-0.4, -0.2) is 23.3 Å². The summed E-state index contributed by atoms with van der Waals surface area (Å²) < 4.78 is 0. The van der Waals surface area contributed by atoms with Crippen molar-refractivity contribution in [2.75, 3.05) is 11.9 Å². The van der Waals surface area contributed by atoms with Gasteiger partial charge in [-0.3, -0.25) is 9.59 Å². The molecule has 3 rings (SSSR count). The normalized spacial score (nSPS) is 10.4. The fourth-order valence-electron chi connectivity index (χ4n) is 2.58. The standard InChI is InChI=1S/C21H18ClN3O2S/c1-3-11-23-19(26)16-9-4-5-10-17(16)25-20(27)18-13(2)24-21(28-18)14-7-6-8-15(22)12-14/h3-10,12H,1,11H2,2H3,(H,23,26)(H,25,27). The lowest BCUT2D eigenvalue weighted by atomic mass is 10.1. The van der Waals surface area contributed by atoms with Gasteiger partial charge in [-0.25, -0.2) is 4.98 Å². The number of rotatable bonds is 6. The summed E-state index contributed by atoms with van der Waals surface area (Å²) in [5.74, 6) is -0.594. The number of amides is 2. The molecule has 5 nitrogen and oxygen atoms in total. The molecule has 0 saturated heterocycles. The molecule has 1 heterocycles. The Morgan fingerprint density at radius 3 is 2.71 bits per heavy atom. The summed E-state index contributed by atoms with van der Waals surface area (Å²) >= 11 is 7.33. The van der Waals surface area contributed by atoms with E-state index >= 15 is 0 Å². The van der Waals surface area contributed by atoms with Gasteiger partial charge in [0.2, 0.25) is 0 Å². The van der Waals surface area contributed by atoms with Crippen molar-refractivity contribution in [3.8, 4) is 10.6 Å². The lowest BCUT2D eigenvalue weighted by Gasteiger charge is -2.10. The van der Waals surface area contributed by atoms with Crippen molar-refractivity contribution in [1.82, 2.24) is 10.3 Å². The molecule has 0 aliphatic rings. The van der Waals surface area contributed by atoms with Crippen molar-refractivity contribution >= 4 is 40.4 Å². The van der Waals surface area contributed by atoms with E-state index in [0.717, 1.165) is 5.56 Å². The van der Waals surface area contributed by atoms with Crippen LogP contribution in [0, 0.1) is 6.92 Å². The first-order valence-electron chi connectivity index (χ1n) is 8.52. The molecular formula is C21H18ClN3O2S. The van der Waals surface area contributed by atoms with Crippen LogP contribution < -0.4 is 10.6 Å². The smallest absolute Gasteiger partial charge is 0.267 e. The molecule has 1 aromatic heterocycles. The van der Waals surface area contributed by atoms with E-state index in [1.807, 2.05) is 12.1 Å². The maximum absolute atomic E-state index is 12.8. The summed E-state index contributed by atoms with van der Waals surface area (Å²) in [7, 11) is 0. The largest absolute Gasteiger partial charge is 0.349 e. The summed E-state index contributed by atoms with van der Waals surface area (Å²) in [4.78, 5) is 30.1. The fourth-order valence-corrected chi connectivity index (χ4v) is 3.73. The minimum Gasteiger partial charge on any atom is -0.349 e. The first-order chi connectivity index (χ1) is 13.5. The molecule has 0 bridgehead atoms. The molecular weight excluding hydrogens is 394 g/mol. The van der Waals surface area contributed by atoms with Crippen LogP contribution in [0.25, 0.3) is 10.6 Å². The second kappa shape index (κ2) is 8.82. The third kappa shape index (κ3) is 4.47. The van der Waals surface area contributed by atoms with E-state index in [0.29, 0.717) is 38.4 Å². The number of carbonyl (C=O) groups excluding carboxylic acids is 2. The summed E-state index contributed by atoms with van der Waals surface area (Å²) in [6.07, 6.45) is 1.59. The Morgan fingerprint density at radius 2 is 1.96 bits per heavy atom. The summed E-state index contributed by atoms with van der Waals surface area (Å²) in [5, 5.41) is 6.85. The average molecular weight is 412 g/mol. The monoisotopic (exact) mass is 411 g/mol. The molecule has 0 aliphatic heterocycles. The van der Waals surface area contributed by atoms with Gasteiger partial charge in [0, 0.05) is 17.1 Å².